The van der Waals surface area contributed by atoms with Crippen molar-refractivity contribution in [1.29, 1.82) is 0 Å². The van der Waals surface area contributed by atoms with Gasteiger partial charge in [-0.05, 0) is 27.7 Å². The smallest absolute Gasteiger partial charge is 0.352 e. The molecule has 2 heterocycles. The summed E-state index contributed by atoms with van der Waals surface area (Å²) in [5, 5.41) is 0. The Bertz CT molecular complexity index is 1240. The van der Waals surface area contributed by atoms with Gasteiger partial charge in [-0.25, -0.2) is 9.59 Å². The van der Waals surface area contributed by atoms with Gasteiger partial charge in [-0.1, -0.05) is 60.7 Å². The highest BCUT2D eigenvalue weighted by Crippen LogP contribution is 2.47. The minimum absolute atomic E-state index is 0.411. The molecule has 44 heavy (non-hydrogen) atoms. The summed E-state index contributed by atoms with van der Waals surface area (Å²) >= 11 is 0. The molecule has 12 heteroatoms. The number of carbonyl (C=O) groups excluding carboxylic acids is 4. The van der Waals surface area contributed by atoms with Crippen molar-refractivity contribution in [2.75, 3.05) is 0 Å². The van der Waals surface area contributed by atoms with E-state index in [1.807, 2.05) is 0 Å². The third kappa shape index (κ3) is 6.78. The van der Waals surface area contributed by atoms with E-state index in [1.165, 1.54) is 13.8 Å². The molecule has 0 radical (unpaired) electrons. The standard InChI is InChI=1S/C32H36O12/c1-17(33)37-21(19-13-9-7-10-14-19)29(35)39-23-25-27(43-31(3,4)41-25)24(28-26(23)42-32(5,6)44-28)40-30(36)22(38-18(2)34)20-15-11-8-12-16-20/h7-16,21-28H,1-6H3. The molecule has 0 spiro atoms. The van der Waals surface area contributed by atoms with Crippen LogP contribution in [0, 0.1) is 0 Å². The molecule has 0 amide bonds. The molecule has 1 saturated carbocycles. The van der Waals surface area contributed by atoms with E-state index < -0.39 is 84.3 Å². The summed E-state index contributed by atoms with van der Waals surface area (Å²) < 4.78 is 47.6. The van der Waals surface area contributed by atoms with Crippen LogP contribution in [0.1, 0.15) is 64.9 Å². The number of hydrogen-bond donors (Lipinski definition) is 0. The molecule has 3 aliphatic rings. The Labute approximate surface area is 254 Å². The van der Waals surface area contributed by atoms with Crippen molar-refractivity contribution in [1.82, 2.24) is 0 Å². The number of rotatable bonds is 8. The van der Waals surface area contributed by atoms with Crippen LogP contribution in [0.4, 0.5) is 0 Å². The zero-order valence-electron chi connectivity index (χ0n) is 25.3. The van der Waals surface area contributed by atoms with E-state index >= 15 is 0 Å². The van der Waals surface area contributed by atoms with Crippen molar-refractivity contribution >= 4 is 23.9 Å². The summed E-state index contributed by atoms with van der Waals surface area (Å²) in [6.45, 7) is 9.06. The minimum atomic E-state index is -1.36. The van der Waals surface area contributed by atoms with Crippen molar-refractivity contribution in [3.05, 3.63) is 71.8 Å². The zero-order valence-corrected chi connectivity index (χ0v) is 25.3. The van der Waals surface area contributed by atoms with Crippen LogP contribution in [-0.4, -0.2) is 72.1 Å². The third-order valence-electron chi connectivity index (χ3n) is 7.33. The second-order valence-electron chi connectivity index (χ2n) is 11.7. The number of benzene rings is 2. The van der Waals surface area contributed by atoms with Gasteiger partial charge in [0.05, 0.1) is 0 Å². The van der Waals surface area contributed by atoms with Gasteiger partial charge < -0.3 is 37.9 Å². The summed E-state index contributed by atoms with van der Waals surface area (Å²) in [5.41, 5.74) is 0.822. The van der Waals surface area contributed by atoms with Crippen LogP contribution in [0.15, 0.2) is 60.7 Å². The van der Waals surface area contributed by atoms with E-state index in [2.05, 4.69) is 0 Å². The fraction of sp³-hybridized carbons (Fsp3) is 0.500. The van der Waals surface area contributed by atoms with Gasteiger partial charge in [0.2, 0.25) is 12.2 Å². The van der Waals surface area contributed by atoms with Crippen LogP contribution in [0.3, 0.4) is 0 Å². The lowest BCUT2D eigenvalue weighted by molar-refractivity contribution is -0.209. The summed E-state index contributed by atoms with van der Waals surface area (Å²) in [4.78, 5) is 51.1. The first-order chi connectivity index (χ1) is 20.7. The van der Waals surface area contributed by atoms with Gasteiger partial charge in [0.1, 0.15) is 24.4 Å². The Morgan fingerprint density at radius 2 is 0.864 bits per heavy atom. The van der Waals surface area contributed by atoms with Crippen LogP contribution in [0.25, 0.3) is 0 Å². The fourth-order valence-corrected chi connectivity index (χ4v) is 5.78. The maximum Gasteiger partial charge on any atom is 0.352 e. The van der Waals surface area contributed by atoms with Crippen molar-refractivity contribution in [3.63, 3.8) is 0 Å². The molecular formula is C32H36O12. The number of esters is 4. The summed E-state index contributed by atoms with van der Waals surface area (Å²) in [6, 6.07) is 16.9. The van der Waals surface area contributed by atoms with E-state index in [0.717, 1.165) is 0 Å². The Kier molecular flexibility index (Phi) is 8.81. The molecule has 2 aromatic rings. The predicted molar refractivity (Wildman–Crippen MR) is 149 cm³/mol. The quantitative estimate of drug-likeness (QED) is 0.318. The molecule has 12 nitrogen and oxygen atoms in total. The second kappa shape index (κ2) is 12.3. The van der Waals surface area contributed by atoms with E-state index in [1.54, 1.807) is 88.4 Å². The van der Waals surface area contributed by atoms with Gasteiger partial charge in [0.25, 0.3) is 0 Å². The van der Waals surface area contributed by atoms with E-state index in [9.17, 15) is 19.2 Å². The molecular weight excluding hydrogens is 576 g/mol. The molecule has 236 valence electrons. The van der Waals surface area contributed by atoms with E-state index in [0.29, 0.717) is 11.1 Å². The number of hydrogen-bond acceptors (Lipinski definition) is 12. The highest BCUT2D eigenvalue weighted by molar-refractivity contribution is 5.81. The molecule has 6 unspecified atom stereocenters. The molecule has 5 rings (SSSR count). The molecule has 2 aliphatic heterocycles. The highest BCUT2D eigenvalue weighted by Gasteiger charge is 2.66. The average molecular weight is 613 g/mol. The average Bonchev–Trinajstić information content (AvgIpc) is 3.47. The van der Waals surface area contributed by atoms with Gasteiger partial charge in [0, 0.05) is 25.0 Å². The predicted octanol–water partition coefficient (Wildman–Crippen LogP) is 3.47. The van der Waals surface area contributed by atoms with Crippen LogP contribution >= 0.6 is 0 Å². The van der Waals surface area contributed by atoms with Crippen LogP contribution in [0.5, 0.6) is 0 Å². The van der Waals surface area contributed by atoms with Gasteiger partial charge in [-0.2, -0.15) is 0 Å². The summed E-state index contributed by atoms with van der Waals surface area (Å²) in [7, 11) is 0. The van der Waals surface area contributed by atoms with Crippen molar-refractivity contribution < 1.29 is 57.1 Å². The van der Waals surface area contributed by atoms with Crippen molar-refractivity contribution in [2.45, 2.75) is 102 Å². The zero-order chi connectivity index (χ0) is 31.8. The number of ether oxygens (including phenoxy) is 8. The monoisotopic (exact) mass is 612 g/mol. The molecule has 1 aliphatic carbocycles. The van der Waals surface area contributed by atoms with E-state index in [-0.39, 0.29) is 0 Å². The normalized spacial score (nSPS) is 29.3. The summed E-state index contributed by atoms with van der Waals surface area (Å²) in [6.07, 6.45) is -8.88. The minimum Gasteiger partial charge on any atom is -0.454 e. The summed E-state index contributed by atoms with van der Waals surface area (Å²) in [5.74, 6) is -5.42. The Morgan fingerprint density at radius 3 is 1.14 bits per heavy atom. The first-order valence-electron chi connectivity index (χ1n) is 14.3. The molecule has 0 N–H and O–H groups in total. The maximum absolute atomic E-state index is 13.6. The van der Waals surface area contributed by atoms with Crippen molar-refractivity contribution in [3.8, 4) is 0 Å². The van der Waals surface area contributed by atoms with Crippen LogP contribution in [0.2, 0.25) is 0 Å². The van der Waals surface area contributed by atoms with Gasteiger partial charge in [-0.3, -0.25) is 9.59 Å². The highest BCUT2D eigenvalue weighted by atomic mass is 16.8. The van der Waals surface area contributed by atoms with E-state index in [4.69, 9.17) is 37.9 Å². The molecule has 0 aromatic heterocycles. The molecule has 0 bridgehead atoms. The number of carbonyl (C=O) groups is 4. The van der Waals surface area contributed by atoms with Gasteiger partial charge >= 0.3 is 23.9 Å². The van der Waals surface area contributed by atoms with Crippen LogP contribution < -0.4 is 0 Å². The first kappa shape index (κ1) is 31.6. The van der Waals surface area contributed by atoms with Crippen LogP contribution in [-0.2, 0) is 57.1 Å². The van der Waals surface area contributed by atoms with Gasteiger partial charge in [-0.15, -0.1) is 0 Å². The Hall–Kier alpha value is -3.84. The fourth-order valence-electron chi connectivity index (χ4n) is 5.78. The van der Waals surface area contributed by atoms with Gasteiger partial charge in [0.15, 0.2) is 23.8 Å². The SMILES string of the molecule is CC(=O)OC(C(=O)OC1C2OC(C)(C)OC2C(OC(=O)C(OC(C)=O)c2ccccc2)C2OC(C)(C)OC12)c1ccccc1. The largest absolute Gasteiger partial charge is 0.454 e. The lowest BCUT2D eigenvalue weighted by Gasteiger charge is -2.42. The lowest BCUT2D eigenvalue weighted by Crippen LogP contribution is -2.64. The van der Waals surface area contributed by atoms with Crippen molar-refractivity contribution in [2.24, 2.45) is 0 Å². The lowest BCUT2D eigenvalue weighted by atomic mass is 9.84. The Balaban J connectivity index is 1.47. The maximum atomic E-state index is 13.6. The third-order valence-corrected chi connectivity index (χ3v) is 7.33. The Morgan fingerprint density at radius 1 is 0.568 bits per heavy atom. The molecule has 6 atom stereocenters. The topological polar surface area (TPSA) is 142 Å². The number of fused-ring (bicyclic) bond motifs is 2. The second-order valence-corrected chi connectivity index (χ2v) is 11.7. The first-order valence-corrected chi connectivity index (χ1v) is 14.3. The molecule has 3 fully saturated rings. The molecule has 2 aromatic carbocycles. The molecule has 2 saturated heterocycles.